The smallest absolute Gasteiger partial charge is 0.283 e. The maximum absolute atomic E-state index is 11.8. The van der Waals surface area contributed by atoms with Crippen molar-refractivity contribution in [3.63, 3.8) is 0 Å². The molecule has 0 fully saturated rings. The van der Waals surface area contributed by atoms with Crippen LogP contribution < -0.4 is 10.9 Å². The number of aromatic nitrogens is 2. The van der Waals surface area contributed by atoms with Crippen molar-refractivity contribution < 1.29 is 4.74 Å². The van der Waals surface area contributed by atoms with Gasteiger partial charge in [-0.1, -0.05) is 6.92 Å². The van der Waals surface area contributed by atoms with Gasteiger partial charge in [-0.15, -0.1) is 0 Å². The van der Waals surface area contributed by atoms with E-state index in [0.717, 1.165) is 6.42 Å². The van der Waals surface area contributed by atoms with Crippen LogP contribution in [0.5, 0.6) is 0 Å². The Balaban J connectivity index is 2.92. The van der Waals surface area contributed by atoms with E-state index < -0.39 is 0 Å². The number of rotatable bonds is 6. The van der Waals surface area contributed by atoms with Crippen LogP contribution in [0.3, 0.4) is 0 Å². The van der Waals surface area contributed by atoms with Gasteiger partial charge < -0.3 is 10.1 Å². The number of methoxy groups -OCH3 is 1. The summed E-state index contributed by atoms with van der Waals surface area (Å²) in [6.07, 6.45) is 2.57. The zero-order valence-electron chi connectivity index (χ0n) is 10.4. The first-order chi connectivity index (χ1) is 8.13. The number of aryl methyl sites for hydroxylation is 1. The van der Waals surface area contributed by atoms with Crippen LogP contribution in [0.25, 0.3) is 0 Å². The zero-order chi connectivity index (χ0) is 12.8. The average Bonchev–Trinajstić information content (AvgIpc) is 2.34. The molecule has 0 aromatic carbocycles. The standard InChI is InChI=1S/C11H18BrN3O2/c1-4-8(7-17-3)14-9-6-13-15(5-2)11(16)10(9)12/h6,8,14H,4-5,7H2,1-3H3. The fourth-order valence-electron chi connectivity index (χ4n) is 1.47. The summed E-state index contributed by atoms with van der Waals surface area (Å²) in [6.45, 7) is 5.10. The molecule has 0 aliphatic rings. The van der Waals surface area contributed by atoms with Gasteiger partial charge in [-0.2, -0.15) is 5.10 Å². The molecule has 0 bridgehead atoms. The van der Waals surface area contributed by atoms with Crippen molar-refractivity contribution in [1.82, 2.24) is 9.78 Å². The Morgan fingerprint density at radius 2 is 2.29 bits per heavy atom. The molecule has 17 heavy (non-hydrogen) atoms. The highest BCUT2D eigenvalue weighted by Gasteiger charge is 2.11. The molecule has 1 N–H and O–H groups in total. The first-order valence-electron chi connectivity index (χ1n) is 5.65. The molecular weight excluding hydrogens is 286 g/mol. The van der Waals surface area contributed by atoms with Gasteiger partial charge >= 0.3 is 0 Å². The molecule has 0 amide bonds. The van der Waals surface area contributed by atoms with Gasteiger partial charge in [-0.05, 0) is 29.3 Å². The van der Waals surface area contributed by atoms with Crippen LogP contribution in [0.1, 0.15) is 20.3 Å². The van der Waals surface area contributed by atoms with Crippen molar-refractivity contribution in [1.29, 1.82) is 0 Å². The Morgan fingerprint density at radius 3 is 2.82 bits per heavy atom. The maximum atomic E-state index is 11.8. The van der Waals surface area contributed by atoms with Gasteiger partial charge in [-0.3, -0.25) is 4.79 Å². The minimum absolute atomic E-state index is 0.121. The third-order valence-electron chi connectivity index (χ3n) is 2.50. The van der Waals surface area contributed by atoms with Gasteiger partial charge in [-0.25, -0.2) is 4.68 Å². The van der Waals surface area contributed by atoms with Crippen molar-refractivity contribution in [2.24, 2.45) is 0 Å². The normalized spacial score (nSPS) is 12.5. The summed E-state index contributed by atoms with van der Waals surface area (Å²) in [6, 6.07) is 0.176. The molecule has 1 rings (SSSR count). The minimum Gasteiger partial charge on any atom is -0.383 e. The summed E-state index contributed by atoms with van der Waals surface area (Å²) in [7, 11) is 1.66. The van der Waals surface area contributed by atoms with Crippen LogP contribution >= 0.6 is 15.9 Å². The molecular formula is C11H18BrN3O2. The van der Waals surface area contributed by atoms with Crippen molar-refractivity contribution >= 4 is 21.6 Å². The van der Waals surface area contributed by atoms with E-state index in [2.05, 4.69) is 33.3 Å². The van der Waals surface area contributed by atoms with Gasteiger partial charge in [0, 0.05) is 19.7 Å². The molecule has 0 aliphatic heterocycles. The van der Waals surface area contributed by atoms with E-state index >= 15 is 0 Å². The lowest BCUT2D eigenvalue weighted by atomic mass is 10.2. The monoisotopic (exact) mass is 303 g/mol. The summed E-state index contributed by atoms with van der Waals surface area (Å²) in [5, 5.41) is 7.32. The number of nitrogens with zero attached hydrogens (tertiary/aromatic N) is 2. The van der Waals surface area contributed by atoms with E-state index in [1.165, 1.54) is 4.68 Å². The number of hydrogen-bond acceptors (Lipinski definition) is 4. The Labute approximate surface area is 109 Å². The molecule has 1 aromatic rings. The van der Waals surface area contributed by atoms with E-state index in [4.69, 9.17) is 4.74 Å². The van der Waals surface area contributed by atoms with Gasteiger partial charge in [0.15, 0.2) is 0 Å². The topological polar surface area (TPSA) is 56.1 Å². The molecule has 0 spiro atoms. The van der Waals surface area contributed by atoms with E-state index in [1.54, 1.807) is 13.3 Å². The summed E-state index contributed by atoms with van der Waals surface area (Å²) in [5.41, 5.74) is 0.591. The predicted octanol–water partition coefficient (Wildman–Crippen LogP) is 1.86. The minimum atomic E-state index is -0.121. The molecule has 0 aliphatic carbocycles. The van der Waals surface area contributed by atoms with E-state index in [1.807, 2.05) is 6.92 Å². The summed E-state index contributed by atoms with van der Waals surface area (Å²) < 4.78 is 7.03. The van der Waals surface area contributed by atoms with Crippen molar-refractivity contribution in [2.75, 3.05) is 19.0 Å². The van der Waals surface area contributed by atoms with Crippen molar-refractivity contribution in [2.45, 2.75) is 32.9 Å². The fourth-order valence-corrected chi connectivity index (χ4v) is 1.90. The zero-order valence-corrected chi connectivity index (χ0v) is 12.0. The van der Waals surface area contributed by atoms with Crippen molar-refractivity contribution in [3.8, 4) is 0 Å². The molecule has 0 saturated carbocycles. The van der Waals surface area contributed by atoms with E-state index in [9.17, 15) is 4.79 Å². The quantitative estimate of drug-likeness (QED) is 0.871. The first kappa shape index (κ1) is 14.2. The third-order valence-corrected chi connectivity index (χ3v) is 3.27. The van der Waals surface area contributed by atoms with Crippen LogP contribution in [-0.2, 0) is 11.3 Å². The second-order valence-corrected chi connectivity index (χ2v) is 4.49. The summed E-state index contributed by atoms with van der Waals surface area (Å²) in [5.74, 6) is 0. The molecule has 0 radical (unpaired) electrons. The van der Waals surface area contributed by atoms with Crippen LogP contribution in [0.2, 0.25) is 0 Å². The Kier molecular flexibility index (Phi) is 5.64. The number of anilines is 1. The lowest BCUT2D eigenvalue weighted by Crippen LogP contribution is -2.28. The second kappa shape index (κ2) is 6.76. The predicted molar refractivity (Wildman–Crippen MR) is 71.4 cm³/mol. The van der Waals surface area contributed by atoms with E-state index in [-0.39, 0.29) is 11.6 Å². The SMILES string of the molecule is CCC(COC)Nc1cnn(CC)c(=O)c1Br. The summed E-state index contributed by atoms with van der Waals surface area (Å²) >= 11 is 3.30. The largest absolute Gasteiger partial charge is 0.383 e. The molecule has 96 valence electrons. The summed E-state index contributed by atoms with van der Waals surface area (Å²) in [4.78, 5) is 11.8. The highest BCUT2D eigenvalue weighted by atomic mass is 79.9. The molecule has 0 saturated heterocycles. The lowest BCUT2D eigenvalue weighted by Gasteiger charge is -2.18. The second-order valence-electron chi connectivity index (χ2n) is 3.70. The number of ether oxygens (including phenoxy) is 1. The Bertz CT molecular complexity index is 420. The Hall–Kier alpha value is -0.880. The molecule has 1 heterocycles. The molecule has 1 aromatic heterocycles. The fraction of sp³-hybridized carbons (Fsp3) is 0.636. The lowest BCUT2D eigenvalue weighted by molar-refractivity contribution is 0.184. The van der Waals surface area contributed by atoms with Crippen LogP contribution in [0.4, 0.5) is 5.69 Å². The van der Waals surface area contributed by atoms with Crippen LogP contribution in [-0.4, -0.2) is 29.5 Å². The number of hydrogen-bond donors (Lipinski definition) is 1. The van der Waals surface area contributed by atoms with Gasteiger partial charge in [0.1, 0.15) is 4.47 Å². The average molecular weight is 304 g/mol. The van der Waals surface area contributed by atoms with Gasteiger partial charge in [0.25, 0.3) is 5.56 Å². The molecule has 1 unspecified atom stereocenters. The molecule has 1 atom stereocenters. The maximum Gasteiger partial charge on any atom is 0.283 e. The van der Waals surface area contributed by atoms with E-state index in [0.29, 0.717) is 23.3 Å². The van der Waals surface area contributed by atoms with Crippen LogP contribution in [0.15, 0.2) is 15.5 Å². The van der Waals surface area contributed by atoms with Gasteiger partial charge in [0.05, 0.1) is 18.5 Å². The number of nitrogens with one attached hydrogen (secondary N) is 1. The molecule has 5 nitrogen and oxygen atoms in total. The highest BCUT2D eigenvalue weighted by molar-refractivity contribution is 9.10. The third kappa shape index (κ3) is 3.54. The van der Waals surface area contributed by atoms with Gasteiger partial charge in [0.2, 0.25) is 0 Å². The highest BCUT2D eigenvalue weighted by Crippen LogP contribution is 2.17. The van der Waals surface area contributed by atoms with Crippen molar-refractivity contribution in [3.05, 3.63) is 21.0 Å². The van der Waals surface area contributed by atoms with Crippen LogP contribution in [0, 0.1) is 0 Å². The number of halogens is 1. The Morgan fingerprint density at radius 1 is 1.59 bits per heavy atom. The molecule has 6 heteroatoms. The first-order valence-corrected chi connectivity index (χ1v) is 6.44.